The molecule has 0 spiro atoms. The summed E-state index contributed by atoms with van der Waals surface area (Å²) in [6, 6.07) is 19.2. The molecule has 9 nitrogen and oxygen atoms in total. The number of ether oxygens (including phenoxy) is 2. The Morgan fingerprint density at radius 2 is 1.56 bits per heavy atom. The Labute approximate surface area is 259 Å². The van der Waals surface area contributed by atoms with Crippen LogP contribution in [0.3, 0.4) is 0 Å². The minimum Gasteiger partial charge on any atom is -0.493 e. The van der Waals surface area contributed by atoms with Crippen molar-refractivity contribution in [2.45, 2.75) is 57.0 Å². The van der Waals surface area contributed by atoms with Gasteiger partial charge in [0, 0.05) is 23.7 Å². The van der Waals surface area contributed by atoms with E-state index in [1.807, 2.05) is 51.1 Å². The van der Waals surface area contributed by atoms with Gasteiger partial charge in [0.15, 0.2) is 11.5 Å². The second-order valence-electron chi connectivity index (χ2n) is 10.1. The largest absolute Gasteiger partial charge is 0.493 e. The highest BCUT2D eigenvalue weighted by Gasteiger charge is 2.34. The maximum absolute atomic E-state index is 14.1. The molecule has 0 radical (unpaired) electrons. The zero-order valence-corrected chi connectivity index (χ0v) is 26.8. The van der Waals surface area contributed by atoms with E-state index in [-0.39, 0.29) is 34.8 Å². The molecule has 0 saturated carbocycles. The number of hydrogen-bond donors (Lipinski definition) is 1. The molecule has 43 heavy (non-hydrogen) atoms. The minimum absolute atomic E-state index is 0.0800. The molecule has 11 heteroatoms. The highest BCUT2D eigenvalue weighted by Crippen LogP contribution is 2.32. The number of anilines is 1. The average Bonchev–Trinajstić information content (AvgIpc) is 3.02. The zero-order valence-electron chi connectivity index (χ0n) is 25.2. The van der Waals surface area contributed by atoms with Gasteiger partial charge in [-0.25, -0.2) is 8.42 Å². The molecule has 0 bridgehead atoms. The van der Waals surface area contributed by atoms with E-state index in [2.05, 4.69) is 5.32 Å². The zero-order chi connectivity index (χ0) is 31.6. The molecule has 232 valence electrons. The highest BCUT2D eigenvalue weighted by atomic mass is 35.5. The first-order valence-corrected chi connectivity index (χ1v) is 16.0. The molecule has 0 aliphatic carbocycles. The normalized spacial score (nSPS) is 12.6. The summed E-state index contributed by atoms with van der Waals surface area (Å²) in [7, 11) is -1.42. The van der Waals surface area contributed by atoms with Crippen LogP contribution in [0.15, 0.2) is 77.7 Å². The lowest BCUT2D eigenvalue weighted by Gasteiger charge is -2.33. The lowest BCUT2D eigenvalue weighted by Crippen LogP contribution is -2.54. The summed E-state index contributed by atoms with van der Waals surface area (Å²) in [5.41, 5.74) is 1.23. The quantitative estimate of drug-likeness (QED) is 0.244. The minimum atomic E-state index is -4.29. The van der Waals surface area contributed by atoms with Crippen molar-refractivity contribution in [2.24, 2.45) is 0 Å². The number of benzene rings is 3. The molecule has 1 N–H and O–H groups in total. The molecule has 0 aromatic heterocycles. The number of halogens is 1. The van der Waals surface area contributed by atoms with Gasteiger partial charge in [-0.2, -0.15) is 0 Å². The Hall–Kier alpha value is -3.76. The van der Waals surface area contributed by atoms with Crippen molar-refractivity contribution < 1.29 is 27.5 Å². The van der Waals surface area contributed by atoms with Crippen LogP contribution < -0.4 is 19.1 Å². The second kappa shape index (κ2) is 15.6. The molecule has 3 aromatic rings. The van der Waals surface area contributed by atoms with E-state index in [4.69, 9.17) is 21.1 Å². The maximum Gasteiger partial charge on any atom is 0.264 e. The van der Waals surface area contributed by atoms with Crippen LogP contribution in [0.1, 0.15) is 39.2 Å². The van der Waals surface area contributed by atoms with Crippen LogP contribution in [-0.2, 0) is 26.0 Å². The maximum atomic E-state index is 14.1. The second-order valence-corrected chi connectivity index (χ2v) is 12.4. The first-order valence-electron chi connectivity index (χ1n) is 14.2. The molecule has 0 heterocycles. The summed E-state index contributed by atoms with van der Waals surface area (Å²) in [5, 5.41) is 3.39. The Morgan fingerprint density at radius 3 is 2.14 bits per heavy atom. The number of nitrogens with one attached hydrogen (secondary N) is 1. The molecule has 0 fully saturated rings. The van der Waals surface area contributed by atoms with E-state index in [1.165, 1.54) is 49.5 Å². The molecule has 0 aliphatic rings. The molecule has 3 aromatic carbocycles. The van der Waals surface area contributed by atoms with Gasteiger partial charge < -0.3 is 19.7 Å². The van der Waals surface area contributed by atoms with Crippen molar-refractivity contribution in [3.63, 3.8) is 0 Å². The van der Waals surface area contributed by atoms with Gasteiger partial charge >= 0.3 is 0 Å². The SMILES string of the molecule is CCC(C)NC(=O)C(CC)N(CCc1ccccc1)C(=O)CN(c1ccc(Cl)cc1)S(=O)(=O)c1ccc(OC)c(OC)c1. The predicted molar refractivity (Wildman–Crippen MR) is 169 cm³/mol. The monoisotopic (exact) mass is 629 g/mol. The third-order valence-electron chi connectivity index (χ3n) is 7.21. The van der Waals surface area contributed by atoms with Crippen LogP contribution in [0.25, 0.3) is 0 Å². The fraction of sp³-hybridized carbons (Fsp3) is 0.375. The summed E-state index contributed by atoms with van der Waals surface area (Å²) in [6.45, 7) is 5.38. The molecule has 3 rings (SSSR count). The van der Waals surface area contributed by atoms with Crippen molar-refractivity contribution in [2.75, 3.05) is 31.6 Å². The van der Waals surface area contributed by atoms with Gasteiger partial charge in [0.2, 0.25) is 11.8 Å². The van der Waals surface area contributed by atoms with Gasteiger partial charge in [-0.15, -0.1) is 0 Å². The van der Waals surface area contributed by atoms with Gasteiger partial charge in [-0.1, -0.05) is 55.8 Å². The highest BCUT2D eigenvalue weighted by molar-refractivity contribution is 7.92. The number of methoxy groups -OCH3 is 2. The molecule has 0 aliphatic heterocycles. The van der Waals surface area contributed by atoms with E-state index < -0.39 is 28.5 Å². The Balaban J connectivity index is 2.05. The Morgan fingerprint density at radius 1 is 0.907 bits per heavy atom. The van der Waals surface area contributed by atoms with Crippen LogP contribution in [0.5, 0.6) is 11.5 Å². The van der Waals surface area contributed by atoms with E-state index in [0.29, 0.717) is 23.6 Å². The summed E-state index contributed by atoms with van der Waals surface area (Å²) >= 11 is 6.11. The molecular formula is C32H40ClN3O6S. The van der Waals surface area contributed by atoms with E-state index in [9.17, 15) is 18.0 Å². The third kappa shape index (κ3) is 8.64. The summed E-state index contributed by atoms with van der Waals surface area (Å²) in [6.07, 6.45) is 1.57. The topological polar surface area (TPSA) is 105 Å². The Kier molecular flexibility index (Phi) is 12.3. The van der Waals surface area contributed by atoms with Gasteiger partial charge in [-0.3, -0.25) is 13.9 Å². The van der Waals surface area contributed by atoms with Gasteiger partial charge in [-0.05, 0) is 68.1 Å². The summed E-state index contributed by atoms with van der Waals surface area (Å²) in [5.74, 6) is -0.205. The Bertz CT molecular complexity index is 1470. The fourth-order valence-electron chi connectivity index (χ4n) is 4.58. The fourth-order valence-corrected chi connectivity index (χ4v) is 6.13. The van der Waals surface area contributed by atoms with Crippen LogP contribution >= 0.6 is 11.6 Å². The molecular weight excluding hydrogens is 590 g/mol. The van der Waals surface area contributed by atoms with Crippen molar-refractivity contribution >= 4 is 39.1 Å². The van der Waals surface area contributed by atoms with Crippen molar-refractivity contribution in [1.82, 2.24) is 10.2 Å². The standard InChI is InChI=1S/C32H40ClN3O6S/c1-6-23(3)34-32(38)28(7-2)35(20-19-24-11-9-8-10-12-24)31(37)22-36(26-15-13-25(33)14-16-26)43(39,40)27-17-18-29(41-4)30(21-27)42-5/h8-18,21,23,28H,6-7,19-20,22H2,1-5H3,(H,34,38). The number of hydrogen-bond acceptors (Lipinski definition) is 6. The lowest BCUT2D eigenvalue weighted by atomic mass is 10.1. The molecule has 2 amide bonds. The van der Waals surface area contributed by atoms with Crippen LogP contribution in [0.4, 0.5) is 5.69 Å². The van der Waals surface area contributed by atoms with Crippen LogP contribution in [0, 0.1) is 0 Å². The number of nitrogens with zero attached hydrogens (tertiary/aromatic N) is 2. The van der Waals surface area contributed by atoms with E-state index in [1.54, 1.807) is 12.1 Å². The number of carbonyl (C=O) groups excluding carboxylic acids is 2. The van der Waals surface area contributed by atoms with Gasteiger partial charge in [0.25, 0.3) is 10.0 Å². The summed E-state index contributed by atoms with van der Waals surface area (Å²) < 4.78 is 39.9. The third-order valence-corrected chi connectivity index (χ3v) is 9.23. The predicted octanol–water partition coefficient (Wildman–Crippen LogP) is 5.32. The lowest BCUT2D eigenvalue weighted by molar-refractivity contribution is -0.139. The number of sulfonamides is 1. The van der Waals surface area contributed by atoms with E-state index >= 15 is 0 Å². The molecule has 0 saturated heterocycles. The number of rotatable bonds is 15. The van der Waals surface area contributed by atoms with Gasteiger partial charge in [0.1, 0.15) is 12.6 Å². The molecule has 2 atom stereocenters. The first-order chi connectivity index (χ1) is 20.5. The number of carbonyl (C=O) groups is 2. The van der Waals surface area contributed by atoms with E-state index in [0.717, 1.165) is 16.3 Å². The van der Waals surface area contributed by atoms with Crippen LogP contribution in [-0.4, -0.2) is 64.5 Å². The van der Waals surface area contributed by atoms with Gasteiger partial charge in [0.05, 0.1) is 24.8 Å². The summed E-state index contributed by atoms with van der Waals surface area (Å²) in [4.78, 5) is 28.9. The van der Waals surface area contributed by atoms with Crippen molar-refractivity contribution in [3.8, 4) is 11.5 Å². The smallest absolute Gasteiger partial charge is 0.264 e. The average molecular weight is 630 g/mol. The molecule has 2 unspecified atom stereocenters. The first kappa shape index (κ1) is 33.7. The number of amides is 2. The van der Waals surface area contributed by atoms with Crippen molar-refractivity contribution in [1.29, 1.82) is 0 Å². The van der Waals surface area contributed by atoms with Crippen LogP contribution in [0.2, 0.25) is 5.02 Å². The van der Waals surface area contributed by atoms with Crippen molar-refractivity contribution in [3.05, 3.63) is 83.4 Å².